The van der Waals surface area contributed by atoms with Gasteiger partial charge in [0.1, 0.15) is 0 Å². The number of nitrogens with zero attached hydrogens (tertiary/aromatic N) is 1. The molecule has 0 radical (unpaired) electrons. The maximum absolute atomic E-state index is 9.97. The van der Waals surface area contributed by atoms with Crippen molar-refractivity contribution in [3.63, 3.8) is 0 Å². The van der Waals surface area contributed by atoms with E-state index in [9.17, 15) is 4.79 Å². The quantitative estimate of drug-likeness (QED) is 0.486. The molecule has 0 spiro atoms. The van der Waals surface area contributed by atoms with E-state index in [-0.39, 0.29) is 0 Å². The summed E-state index contributed by atoms with van der Waals surface area (Å²) in [6.45, 7) is 5.28. The Hall–Kier alpha value is -0.620. The van der Waals surface area contributed by atoms with Gasteiger partial charge in [0.25, 0.3) is 0 Å². The molecule has 13 heavy (non-hydrogen) atoms. The van der Waals surface area contributed by atoms with Crippen LogP contribution in [0.1, 0.15) is 39.5 Å². The largest absolute Gasteiger partial charge is 0.234 e. The minimum absolute atomic E-state index is 0.641. The van der Waals surface area contributed by atoms with E-state index in [1.165, 1.54) is 25.7 Å². The molecule has 1 fully saturated rings. The molecule has 0 N–H and O–H groups in total. The molecule has 0 bridgehead atoms. The van der Waals surface area contributed by atoms with Gasteiger partial charge in [-0.25, -0.2) is 9.79 Å². The van der Waals surface area contributed by atoms with E-state index in [1.807, 2.05) is 0 Å². The molecule has 0 aromatic carbocycles. The van der Waals surface area contributed by atoms with Crippen molar-refractivity contribution in [1.29, 1.82) is 0 Å². The van der Waals surface area contributed by atoms with Crippen molar-refractivity contribution in [3.8, 4) is 0 Å². The van der Waals surface area contributed by atoms with Gasteiger partial charge in [0, 0.05) is 0 Å². The normalized spacial score (nSPS) is 28.5. The fourth-order valence-corrected chi connectivity index (χ4v) is 2.27. The van der Waals surface area contributed by atoms with Crippen molar-refractivity contribution in [2.24, 2.45) is 22.7 Å². The van der Waals surface area contributed by atoms with Gasteiger partial charge in [-0.05, 0) is 30.6 Å². The highest BCUT2D eigenvalue weighted by Crippen LogP contribution is 2.33. The predicted molar refractivity (Wildman–Crippen MR) is 53.3 cm³/mol. The Balaban J connectivity index is 2.37. The van der Waals surface area contributed by atoms with Gasteiger partial charge in [-0.3, -0.25) is 0 Å². The highest BCUT2D eigenvalue weighted by molar-refractivity contribution is 5.32. The van der Waals surface area contributed by atoms with Gasteiger partial charge in [0.2, 0.25) is 6.08 Å². The zero-order valence-electron chi connectivity index (χ0n) is 8.62. The number of hydrogen-bond acceptors (Lipinski definition) is 2. The lowest BCUT2D eigenvalue weighted by molar-refractivity contribution is 0.219. The molecule has 2 unspecified atom stereocenters. The predicted octanol–water partition coefficient (Wildman–Crippen LogP) is 2.78. The van der Waals surface area contributed by atoms with Gasteiger partial charge in [-0.1, -0.05) is 26.7 Å². The van der Waals surface area contributed by atoms with Crippen molar-refractivity contribution in [1.82, 2.24) is 0 Å². The molecule has 74 valence electrons. The fourth-order valence-electron chi connectivity index (χ4n) is 2.27. The Morgan fingerprint density at radius 1 is 1.46 bits per heavy atom. The highest BCUT2D eigenvalue weighted by Gasteiger charge is 2.23. The van der Waals surface area contributed by atoms with Gasteiger partial charge in [0.15, 0.2) is 0 Å². The number of aliphatic imine (C=N–C) groups is 1. The third-order valence-electron chi connectivity index (χ3n) is 3.18. The minimum Gasteiger partial charge on any atom is -0.211 e. The van der Waals surface area contributed by atoms with Crippen LogP contribution in [0.25, 0.3) is 0 Å². The summed E-state index contributed by atoms with van der Waals surface area (Å²) in [6.07, 6.45) is 6.80. The number of rotatable bonds is 3. The molecule has 2 heteroatoms. The van der Waals surface area contributed by atoms with Crippen LogP contribution in [-0.2, 0) is 4.79 Å². The summed E-state index contributed by atoms with van der Waals surface area (Å²) < 4.78 is 0. The molecule has 1 aliphatic rings. The first kappa shape index (κ1) is 10.5. The van der Waals surface area contributed by atoms with Gasteiger partial charge < -0.3 is 0 Å². The summed E-state index contributed by atoms with van der Waals surface area (Å²) >= 11 is 0. The maximum Gasteiger partial charge on any atom is 0.234 e. The lowest BCUT2D eigenvalue weighted by atomic mass is 9.76. The van der Waals surface area contributed by atoms with E-state index in [1.54, 1.807) is 6.08 Å². The first-order valence-electron chi connectivity index (χ1n) is 5.27. The van der Waals surface area contributed by atoms with Crippen LogP contribution in [0.15, 0.2) is 4.99 Å². The second-order valence-electron chi connectivity index (χ2n) is 4.47. The Kier molecular flexibility index (Phi) is 4.17. The van der Waals surface area contributed by atoms with Gasteiger partial charge >= 0.3 is 0 Å². The van der Waals surface area contributed by atoms with Crippen LogP contribution in [0, 0.1) is 17.8 Å². The smallest absolute Gasteiger partial charge is 0.211 e. The van der Waals surface area contributed by atoms with E-state index in [0.29, 0.717) is 12.5 Å². The standard InChI is InChI=1S/C11H19NO/c1-9(2)11-5-3-4-10(6-11)7-12-8-13/h9-11H,3-7H2,1-2H3. The molecule has 2 nitrogen and oxygen atoms in total. The van der Waals surface area contributed by atoms with Crippen molar-refractivity contribution < 1.29 is 4.79 Å². The van der Waals surface area contributed by atoms with E-state index in [2.05, 4.69) is 18.8 Å². The van der Waals surface area contributed by atoms with Crippen LogP contribution < -0.4 is 0 Å². The summed E-state index contributed by atoms with van der Waals surface area (Å²) in [5, 5.41) is 0. The molecule has 1 rings (SSSR count). The van der Waals surface area contributed by atoms with Crippen LogP contribution in [-0.4, -0.2) is 12.6 Å². The Morgan fingerprint density at radius 2 is 2.23 bits per heavy atom. The van der Waals surface area contributed by atoms with Crippen molar-refractivity contribution >= 4 is 6.08 Å². The van der Waals surface area contributed by atoms with Crippen molar-refractivity contribution in [2.75, 3.05) is 6.54 Å². The summed E-state index contributed by atoms with van der Waals surface area (Å²) in [5.74, 6) is 2.27. The Bertz CT molecular complexity index is 194. The van der Waals surface area contributed by atoms with E-state index < -0.39 is 0 Å². The molecule has 0 aromatic heterocycles. The molecule has 0 heterocycles. The third-order valence-corrected chi connectivity index (χ3v) is 3.18. The average molecular weight is 181 g/mol. The van der Waals surface area contributed by atoms with Crippen LogP contribution in [0.5, 0.6) is 0 Å². The van der Waals surface area contributed by atoms with Crippen LogP contribution in [0.4, 0.5) is 0 Å². The van der Waals surface area contributed by atoms with Gasteiger partial charge in [-0.15, -0.1) is 0 Å². The average Bonchev–Trinajstić information content (AvgIpc) is 2.15. The van der Waals surface area contributed by atoms with Crippen LogP contribution in [0.3, 0.4) is 0 Å². The molecule has 1 aliphatic carbocycles. The third kappa shape index (κ3) is 3.31. The topological polar surface area (TPSA) is 29.4 Å². The van der Waals surface area contributed by atoms with Gasteiger partial charge in [-0.2, -0.15) is 0 Å². The van der Waals surface area contributed by atoms with Crippen molar-refractivity contribution in [3.05, 3.63) is 0 Å². The molecule has 0 amide bonds. The fraction of sp³-hybridized carbons (Fsp3) is 0.909. The number of hydrogen-bond donors (Lipinski definition) is 0. The second kappa shape index (κ2) is 5.18. The van der Waals surface area contributed by atoms with Crippen LogP contribution >= 0.6 is 0 Å². The van der Waals surface area contributed by atoms with Gasteiger partial charge in [0.05, 0.1) is 6.54 Å². The van der Waals surface area contributed by atoms with Crippen molar-refractivity contribution in [2.45, 2.75) is 39.5 Å². The first-order chi connectivity index (χ1) is 6.24. The zero-order valence-corrected chi connectivity index (χ0v) is 8.62. The molecule has 0 saturated heterocycles. The maximum atomic E-state index is 9.97. The SMILES string of the molecule is CC(C)C1CCCC(CN=C=O)C1. The van der Waals surface area contributed by atoms with Crippen LogP contribution in [0.2, 0.25) is 0 Å². The molecule has 0 aliphatic heterocycles. The first-order valence-corrected chi connectivity index (χ1v) is 5.27. The highest BCUT2D eigenvalue weighted by atomic mass is 16.1. The minimum atomic E-state index is 0.641. The van der Waals surface area contributed by atoms with E-state index >= 15 is 0 Å². The monoisotopic (exact) mass is 181 g/mol. The summed E-state index contributed by atoms with van der Waals surface area (Å²) in [5.41, 5.74) is 0. The molecule has 1 saturated carbocycles. The lowest BCUT2D eigenvalue weighted by Gasteiger charge is -2.30. The Morgan fingerprint density at radius 3 is 2.85 bits per heavy atom. The molecular formula is C11H19NO. The second-order valence-corrected chi connectivity index (χ2v) is 4.47. The molecular weight excluding hydrogens is 162 g/mol. The molecule has 2 atom stereocenters. The number of isocyanates is 1. The zero-order chi connectivity index (χ0) is 9.68. The summed E-state index contributed by atoms with van der Waals surface area (Å²) in [6, 6.07) is 0. The Labute approximate surface area is 80.4 Å². The lowest BCUT2D eigenvalue weighted by Crippen LogP contribution is -2.21. The molecule has 0 aromatic rings. The number of carbonyl (C=O) groups excluding carboxylic acids is 1. The van der Waals surface area contributed by atoms with E-state index in [4.69, 9.17) is 0 Å². The summed E-state index contributed by atoms with van der Waals surface area (Å²) in [7, 11) is 0. The summed E-state index contributed by atoms with van der Waals surface area (Å²) in [4.78, 5) is 13.7. The van der Waals surface area contributed by atoms with E-state index in [0.717, 1.165) is 11.8 Å².